The molecule has 0 saturated carbocycles. The fourth-order valence-electron chi connectivity index (χ4n) is 2.88. The van der Waals surface area contributed by atoms with Crippen LogP contribution in [0.15, 0.2) is 36.4 Å². The van der Waals surface area contributed by atoms with Gasteiger partial charge in [-0.3, -0.25) is 0 Å². The van der Waals surface area contributed by atoms with E-state index in [4.69, 9.17) is 11.6 Å². The molecule has 3 rings (SSSR count). The highest BCUT2D eigenvalue weighted by molar-refractivity contribution is 6.31. The second-order valence-corrected chi connectivity index (χ2v) is 6.12. The summed E-state index contributed by atoms with van der Waals surface area (Å²) in [6.45, 7) is 4.22. The first-order chi connectivity index (χ1) is 9.63. The predicted molar refractivity (Wildman–Crippen MR) is 86.7 cm³/mol. The van der Waals surface area contributed by atoms with Gasteiger partial charge in [-0.25, -0.2) is 0 Å². The van der Waals surface area contributed by atoms with E-state index in [2.05, 4.69) is 42.6 Å². The maximum atomic E-state index is 6.18. The Hall–Kier alpha value is -1.47. The number of fused-ring (bicyclic) bond motifs is 1. The van der Waals surface area contributed by atoms with Crippen LogP contribution >= 0.6 is 11.6 Å². The van der Waals surface area contributed by atoms with Crippen molar-refractivity contribution in [1.29, 1.82) is 0 Å². The third kappa shape index (κ3) is 2.69. The van der Waals surface area contributed by atoms with Crippen molar-refractivity contribution < 1.29 is 0 Å². The lowest BCUT2D eigenvalue weighted by Crippen LogP contribution is -2.07. The molecule has 0 bridgehead atoms. The first-order valence-corrected chi connectivity index (χ1v) is 7.65. The van der Waals surface area contributed by atoms with Gasteiger partial charge < -0.3 is 5.32 Å². The van der Waals surface area contributed by atoms with Gasteiger partial charge in [0.25, 0.3) is 0 Å². The number of hydrogen-bond acceptors (Lipinski definition) is 1. The Morgan fingerprint density at radius 1 is 1.05 bits per heavy atom. The van der Waals surface area contributed by atoms with Gasteiger partial charge in [-0.2, -0.15) is 0 Å². The number of nitrogens with one attached hydrogen (secondary N) is 1. The average Bonchev–Trinajstić information content (AvgIpc) is 2.90. The maximum absolute atomic E-state index is 6.18. The van der Waals surface area contributed by atoms with Crippen LogP contribution in [-0.4, -0.2) is 0 Å². The molecule has 1 aliphatic rings. The molecule has 104 valence electrons. The fraction of sp³-hybridized carbons (Fsp3) is 0.333. The standard InChI is InChI=1S/C18H20ClN/c1-12-6-9-17(11-18(12)19)20-13(2)15-8-7-14-4-3-5-16(14)10-15/h6-11,13,20H,3-5H2,1-2H3. The monoisotopic (exact) mass is 285 g/mol. The van der Waals surface area contributed by atoms with Crippen LogP contribution in [0, 0.1) is 6.92 Å². The van der Waals surface area contributed by atoms with E-state index < -0.39 is 0 Å². The van der Waals surface area contributed by atoms with Crippen molar-refractivity contribution in [3.8, 4) is 0 Å². The van der Waals surface area contributed by atoms with Crippen molar-refractivity contribution in [1.82, 2.24) is 0 Å². The summed E-state index contributed by atoms with van der Waals surface area (Å²) in [4.78, 5) is 0. The molecule has 0 fully saturated rings. The normalized spacial score (nSPS) is 14.9. The van der Waals surface area contributed by atoms with Crippen LogP contribution in [-0.2, 0) is 12.8 Å². The molecule has 0 aromatic heterocycles. The summed E-state index contributed by atoms with van der Waals surface area (Å²) < 4.78 is 0. The summed E-state index contributed by atoms with van der Waals surface area (Å²) in [6.07, 6.45) is 3.77. The van der Waals surface area contributed by atoms with Crippen molar-refractivity contribution >= 4 is 17.3 Å². The van der Waals surface area contributed by atoms with Gasteiger partial charge in [0.15, 0.2) is 0 Å². The molecule has 2 aromatic carbocycles. The molecule has 1 nitrogen and oxygen atoms in total. The van der Waals surface area contributed by atoms with Crippen molar-refractivity contribution in [2.24, 2.45) is 0 Å². The minimum Gasteiger partial charge on any atom is -0.378 e. The zero-order valence-corrected chi connectivity index (χ0v) is 12.8. The molecule has 0 aliphatic heterocycles. The molecular formula is C18H20ClN. The van der Waals surface area contributed by atoms with Crippen LogP contribution in [0.25, 0.3) is 0 Å². The minimum absolute atomic E-state index is 0.291. The first kappa shape index (κ1) is 13.5. The van der Waals surface area contributed by atoms with Gasteiger partial charge in [0, 0.05) is 16.8 Å². The van der Waals surface area contributed by atoms with Gasteiger partial charge >= 0.3 is 0 Å². The Balaban J connectivity index is 1.78. The molecule has 0 spiro atoms. The number of halogens is 1. The largest absolute Gasteiger partial charge is 0.378 e. The topological polar surface area (TPSA) is 12.0 Å². The smallest absolute Gasteiger partial charge is 0.0485 e. The van der Waals surface area contributed by atoms with Crippen molar-refractivity contribution in [3.63, 3.8) is 0 Å². The van der Waals surface area contributed by atoms with E-state index in [-0.39, 0.29) is 0 Å². The molecule has 1 aliphatic carbocycles. The van der Waals surface area contributed by atoms with E-state index in [0.717, 1.165) is 16.3 Å². The quantitative estimate of drug-likeness (QED) is 0.806. The van der Waals surface area contributed by atoms with Gasteiger partial charge in [-0.05, 0) is 67.5 Å². The summed E-state index contributed by atoms with van der Waals surface area (Å²) >= 11 is 6.18. The van der Waals surface area contributed by atoms with Gasteiger partial charge in [0.1, 0.15) is 0 Å². The third-order valence-corrected chi connectivity index (χ3v) is 4.58. The zero-order valence-electron chi connectivity index (χ0n) is 12.0. The van der Waals surface area contributed by atoms with Gasteiger partial charge in [0.2, 0.25) is 0 Å². The maximum Gasteiger partial charge on any atom is 0.0485 e. The number of rotatable bonds is 3. The lowest BCUT2D eigenvalue weighted by atomic mass is 10.0. The number of anilines is 1. The van der Waals surface area contributed by atoms with Crippen LogP contribution in [0.4, 0.5) is 5.69 Å². The highest BCUT2D eigenvalue weighted by atomic mass is 35.5. The molecule has 1 atom stereocenters. The number of hydrogen-bond donors (Lipinski definition) is 1. The Bertz CT molecular complexity index is 633. The van der Waals surface area contributed by atoms with Crippen molar-refractivity contribution in [3.05, 3.63) is 63.7 Å². The van der Waals surface area contributed by atoms with Gasteiger partial charge in [-0.15, -0.1) is 0 Å². The second-order valence-electron chi connectivity index (χ2n) is 5.71. The highest BCUT2D eigenvalue weighted by Gasteiger charge is 2.13. The Morgan fingerprint density at radius 2 is 1.85 bits per heavy atom. The van der Waals surface area contributed by atoms with Crippen LogP contribution in [0.1, 0.15) is 41.6 Å². The second kappa shape index (κ2) is 5.49. The molecule has 0 saturated heterocycles. The predicted octanol–water partition coefficient (Wildman–Crippen LogP) is 5.31. The number of aryl methyl sites for hydroxylation is 3. The van der Waals surface area contributed by atoms with Crippen LogP contribution in [0.3, 0.4) is 0 Å². The summed E-state index contributed by atoms with van der Waals surface area (Å²) in [6, 6.07) is 13.3. The lowest BCUT2D eigenvalue weighted by molar-refractivity contribution is 0.879. The van der Waals surface area contributed by atoms with E-state index >= 15 is 0 Å². The number of benzene rings is 2. The molecular weight excluding hydrogens is 266 g/mol. The van der Waals surface area contributed by atoms with Gasteiger partial charge in [0.05, 0.1) is 0 Å². The average molecular weight is 286 g/mol. The van der Waals surface area contributed by atoms with E-state index in [9.17, 15) is 0 Å². The summed E-state index contributed by atoms with van der Waals surface area (Å²) in [7, 11) is 0. The fourth-order valence-corrected chi connectivity index (χ4v) is 3.06. The highest BCUT2D eigenvalue weighted by Crippen LogP contribution is 2.28. The van der Waals surface area contributed by atoms with Crippen molar-refractivity contribution in [2.75, 3.05) is 5.32 Å². The summed E-state index contributed by atoms with van der Waals surface area (Å²) in [5.41, 5.74) is 6.59. The Morgan fingerprint density at radius 3 is 2.65 bits per heavy atom. The van der Waals surface area contributed by atoms with E-state index in [1.165, 1.54) is 36.0 Å². The summed E-state index contributed by atoms with van der Waals surface area (Å²) in [5.74, 6) is 0. The van der Waals surface area contributed by atoms with Gasteiger partial charge in [-0.1, -0.05) is 35.9 Å². The SMILES string of the molecule is Cc1ccc(NC(C)c2ccc3c(c2)CCC3)cc1Cl. The van der Waals surface area contributed by atoms with E-state index in [0.29, 0.717) is 6.04 Å². The molecule has 0 radical (unpaired) electrons. The molecule has 20 heavy (non-hydrogen) atoms. The van der Waals surface area contributed by atoms with E-state index in [1.54, 1.807) is 0 Å². The van der Waals surface area contributed by atoms with Crippen LogP contribution in [0.5, 0.6) is 0 Å². The molecule has 2 aromatic rings. The third-order valence-electron chi connectivity index (χ3n) is 4.18. The molecule has 2 heteroatoms. The van der Waals surface area contributed by atoms with E-state index in [1.807, 2.05) is 13.0 Å². The lowest BCUT2D eigenvalue weighted by Gasteiger charge is -2.17. The molecule has 1 unspecified atom stereocenters. The molecule has 1 N–H and O–H groups in total. The molecule has 0 heterocycles. The Kier molecular flexibility index (Phi) is 3.71. The van der Waals surface area contributed by atoms with Crippen LogP contribution < -0.4 is 5.32 Å². The molecule has 0 amide bonds. The zero-order chi connectivity index (χ0) is 14.1. The first-order valence-electron chi connectivity index (χ1n) is 7.28. The van der Waals surface area contributed by atoms with Crippen molar-refractivity contribution in [2.45, 2.75) is 39.2 Å². The van der Waals surface area contributed by atoms with Crippen LogP contribution in [0.2, 0.25) is 5.02 Å². The minimum atomic E-state index is 0.291. The Labute approximate surface area is 126 Å². The summed E-state index contributed by atoms with van der Waals surface area (Å²) in [5, 5.41) is 4.35.